The molecule has 1 amide bonds. The zero-order valence-electron chi connectivity index (χ0n) is 8.76. The Hall–Kier alpha value is -1.30. The van der Waals surface area contributed by atoms with Gasteiger partial charge in [-0.05, 0) is 0 Å². The highest BCUT2D eigenvalue weighted by Crippen LogP contribution is 2.41. The summed E-state index contributed by atoms with van der Waals surface area (Å²) in [6.45, 7) is 0.634. The molecule has 5 nitrogen and oxygen atoms in total. The lowest BCUT2D eigenvalue weighted by Crippen LogP contribution is -2.48. The molecule has 0 spiro atoms. The molecule has 86 valence electrons. The second-order valence-electron chi connectivity index (χ2n) is 3.66. The molecule has 0 radical (unpaired) electrons. The third kappa shape index (κ3) is 1.84. The Morgan fingerprint density at radius 2 is 2.38 bits per heavy atom. The summed E-state index contributed by atoms with van der Waals surface area (Å²) in [6, 6.07) is 0.230. The molecular weight excluding hydrogens is 226 g/mol. The van der Waals surface area contributed by atoms with Crippen LogP contribution in [0.3, 0.4) is 0 Å². The first-order valence-corrected chi connectivity index (χ1v) is 6.09. The van der Waals surface area contributed by atoms with Gasteiger partial charge < -0.3 is 10.6 Å². The van der Waals surface area contributed by atoms with E-state index in [9.17, 15) is 9.59 Å². The number of thioether (sulfide) groups is 1. The molecule has 6 heteroatoms. The molecule has 1 unspecified atom stereocenters. The van der Waals surface area contributed by atoms with Crippen molar-refractivity contribution in [3.05, 3.63) is 10.6 Å². The summed E-state index contributed by atoms with van der Waals surface area (Å²) in [6.07, 6.45) is 3.45. The SMILES string of the molecule is NC=NCCSC1=C(C=O)N2C(=O)CC2C1. The Balaban J connectivity index is 1.96. The lowest BCUT2D eigenvalue weighted by Gasteiger charge is -2.34. The van der Waals surface area contributed by atoms with Gasteiger partial charge in [0.1, 0.15) is 0 Å². The number of carbonyl (C=O) groups is 2. The Labute approximate surface area is 97.8 Å². The van der Waals surface area contributed by atoms with Gasteiger partial charge in [-0.2, -0.15) is 0 Å². The number of hydrogen-bond donors (Lipinski definition) is 1. The van der Waals surface area contributed by atoms with Crippen molar-refractivity contribution < 1.29 is 9.59 Å². The third-order valence-electron chi connectivity index (χ3n) is 2.72. The molecule has 2 N–H and O–H groups in total. The van der Waals surface area contributed by atoms with Crippen LogP contribution in [0.1, 0.15) is 12.8 Å². The smallest absolute Gasteiger partial charge is 0.229 e. The number of nitrogens with two attached hydrogens (primary N) is 1. The molecule has 0 aromatic rings. The molecule has 1 atom stereocenters. The van der Waals surface area contributed by atoms with Crippen LogP contribution in [-0.4, -0.2) is 41.8 Å². The van der Waals surface area contributed by atoms with Gasteiger partial charge in [0.15, 0.2) is 6.29 Å². The average molecular weight is 239 g/mol. The molecule has 2 rings (SSSR count). The fourth-order valence-corrected chi connectivity index (χ4v) is 3.03. The van der Waals surface area contributed by atoms with Gasteiger partial charge in [0.25, 0.3) is 0 Å². The van der Waals surface area contributed by atoms with Crippen molar-refractivity contribution >= 4 is 30.3 Å². The lowest BCUT2D eigenvalue weighted by molar-refractivity contribution is -0.142. The van der Waals surface area contributed by atoms with Gasteiger partial charge >= 0.3 is 0 Å². The number of aldehydes is 1. The Morgan fingerprint density at radius 3 is 3.00 bits per heavy atom. The monoisotopic (exact) mass is 239 g/mol. The van der Waals surface area contributed by atoms with E-state index in [1.54, 1.807) is 16.7 Å². The first kappa shape index (κ1) is 11.2. The molecule has 1 saturated heterocycles. The van der Waals surface area contributed by atoms with E-state index in [2.05, 4.69) is 4.99 Å². The average Bonchev–Trinajstić information content (AvgIpc) is 2.56. The molecule has 16 heavy (non-hydrogen) atoms. The highest BCUT2D eigenvalue weighted by atomic mass is 32.2. The predicted octanol–water partition coefficient (Wildman–Crippen LogP) is 0.122. The Bertz CT molecular complexity index is 378. The molecular formula is C10H13N3O2S. The second-order valence-corrected chi connectivity index (χ2v) is 4.85. The van der Waals surface area contributed by atoms with Gasteiger partial charge in [-0.15, -0.1) is 11.8 Å². The Kier molecular flexibility index (Phi) is 3.28. The van der Waals surface area contributed by atoms with E-state index in [0.29, 0.717) is 18.7 Å². The third-order valence-corrected chi connectivity index (χ3v) is 3.84. The van der Waals surface area contributed by atoms with E-state index in [1.165, 1.54) is 6.34 Å². The molecule has 0 saturated carbocycles. The van der Waals surface area contributed by atoms with Crippen molar-refractivity contribution in [2.45, 2.75) is 18.9 Å². The van der Waals surface area contributed by atoms with Gasteiger partial charge in [0.05, 0.1) is 24.6 Å². The molecule has 0 aromatic carbocycles. The normalized spacial score (nSPS) is 23.9. The lowest BCUT2D eigenvalue weighted by atomic mass is 10.0. The molecule has 2 aliphatic heterocycles. The standard InChI is InChI=1S/C10H13N3O2S/c11-6-12-1-2-16-9-3-7-4-10(15)13(7)8(9)5-14/h5-7H,1-4H2,(H2,11,12). The van der Waals surface area contributed by atoms with Crippen molar-refractivity contribution in [3.8, 4) is 0 Å². The number of aliphatic imine (C=N–C) groups is 1. The number of amides is 1. The zero-order chi connectivity index (χ0) is 11.5. The van der Waals surface area contributed by atoms with Gasteiger partial charge in [-0.25, -0.2) is 0 Å². The van der Waals surface area contributed by atoms with Crippen LogP contribution in [-0.2, 0) is 9.59 Å². The van der Waals surface area contributed by atoms with E-state index < -0.39 is 0 Å². The number of fused-ring (bicyclic) bond motifs is 1. The molecule has 2 aliphatic rings. The van der Waals surface area contributed by atoms with Crippen molar-refractivity contribution in [3.63, 3.8) is 0 Å². The molecule has 2 heterocycles. The number of allylic oxidation sites excluding steroid dienone is 1. The van der Waals surface area contributed by atoms with Crippen molar-refractivity contribution in [2.24, 2.45) is 10.7 Å². The highest BCUT2D eigenvalue weighted by molar-refractivity contribution is 8.03. The van der Waals surface area contributed by atoms with Crippen LogP contribution >= 0.6 is 11.8 Å². The number of carbonyl (C=O) groups excluding carboxylic acids is 2. The van der Waals surface area contributed by atoms with Gasteiger partial charge in [-0.1, -0.05) is 0 Å². The topological polar surface area (TPSA) is 75.8 Å². The van der Waals surface area contributed by atoms with Crippen LogP contribution < -0.4 is 5.73 Å². The maximum Gasteiger partial charge on any atom is 0.229 e. The van der Waals surface area contributed by atoms with E-state index in [-0.39, 0.29) is 11.9 Å². The summed E-state index contributed by atoms with van der Waals surface area (Å²) in [5.74, 6) is 0.845. The van der Waals surface area contributed by atoms with E-state index in [4.69, 9.17) is 5.73 Å². The summed E-state index contributed by atoms with van der Waals surface area (Å²) in [7, 11) is 0. The number of β-lactam (4-membered cyclic amide) rings is 1. The number of nitrogens with zero attached hydrogens (tertiary/aromatic N) is 2. The van der Waals surface area contributed by atoms with Gasteiger partial charge in [0.2, 0.25) is 5.91 Å². The van der Waals surface area contributed by atoms with Crippen LogP contribution in [0.2, 0.25) is 0 Å². The summed E-state index contributed by atoms with van der Waals surface area (Å²) in [5, 5.41) is 0. The minimum Gasteiger partial charge on any atom is -0.390 e. The van der Waals surface area contributed by atoms with E-state index in [1.807, 2.05) is 0 Å². The second kappa shape index (κ2) is 4.69. The number of hydrogen-bond acceptors (Lipinski definition) is 4. The summed E-state index contributed by atoms with van der Waals surface area (Å²) < 4.78 is 0. The largest absolute Gasteiger partial charge is 0.390 e. The zero-order valence-corrected chi connectivity index (χ0v) is 9.57. The fourth-order valence-electron chi connectivity index (χ4n) is 1.98. The quantitative estimate of drug-likeness (QED) is 0.243. The minimum absolute atomic E-state index is 0.0580. The fraction of sp³-hybridized carbons (Fsp3) is 0.500. The van der Waals surface area contributed by atoms with Crippen LogP contribution in [0.15, 0.2) is 15.6 Å². The molecule has 0 aromatic heterocycles. The van der Waals surface area contributed by atoms with Crippen LogP contribution in [0.5, 0.6) is 0 Å². The maximum atomic E-state index is 11.3. The van der Waals surface area contributed by atoms with Crippen molar-refractivity contribution in [1.29, 1.82) is 0 Å². The van der Waals surface area contributed by atoms with Crippen LogP contribution in [0.25, 0.3) is 0 Å². The highest BCUT2D eigenvalue weighted by Gasteiger charge is 2.44. The molecule has 0 aliphatic carbocycles. The number of rotatable bonds is 5. The molecule has 1 fully saturated rings. The molecule has 0 bridgehead atoms. The maximum absolute atomic E-state index is 11.3. The summed E-state index contributed by atoms with van der Waals surface area (Å²) in [4.78, 5) is 28.7. The predicted molar refractivity (Wildman–Crippen MR) is 63.0 cm³/mol. The van der Waals surface area contributed by atoms with Crippen molar-refractivity contribution in [1.82, 2.24) is 4.90 Å². The van der Waals surface area contributed by atoms with E-state index in [0.717, 1.165) is 23.4 Å². The van der Waals surface area contributed by atoms with Crippen molar-refractivity contribution in [2.75, 3.05) is 12.3 Å². The first-order valence-electron chi connectivity index (χ1n) is 5.11. The van der Waals surface area contributed by atoms with Gasteiger partial charge in [0, 0.05) is 23.5 Å². The summed E-state index contributed by atoms with van der Waals surface area (Å²) in [5.41, 5.74) is 5.68. The first-order chi connectivity index (χ1) is 7.77. The van der Waals surface area contributed by atoms with E-state index >= 15 is 0 Å². The minimum atomic E-state index is 0.0580. The Morgan fingerprint density at radius 1 is 1.56 bits per heavy atom. The summed E-state index contributed by atoms with van der Waals surface area (Å²) >= 11 is 1.59. The van der Waals surface area contributed by atoms with Gasteiger partial charge in [-0.3, -0.25) is 14.6 Å². The van der Waals surface area contributed by atoms with Crippen LogP contribution in [0, 0.1) is 0 Å². The van der Waals surface area contributed by atoms with Crippen LogP contribution in [0.4, 0.5) is 0 Å².